The molecular formula is C17H26BNO5. The van der Waals surface area contributed by atoms with E-state index in [1.165, 1.54) is 30.9 Å². The minimum atomic E-state index is -0.983. The van der Waals surface area contributed by atoms with Crippen molar-refractivity contribution in [3.63, 3.8) is 0 Å². The molecule has 0 aromatic rings. The van der Waals surface area contributed by atoms with Crippen LogP contribution in [-0.2, 0) is 9.31 Å². The van der Waals surface area contributed by atoms with Gasteiger partial charge >= 0.3 is 7.12 Å². The van der Waals surface area contributed by atoms with Gasteiger partial charge < -0.3 is 29.5 Å². The third-order valence-corrected chi connectivity index (χ3v) is 6.09. The van der Waals surface area contributed by atoms with E-state index in [9.17, 15) is 10.2 Å². The second-order valence-corrected chi connectivity index (χ2v) is 7.62. The predicted octanol–water partition coefficient (Wildman–Crippen LogP) is 2.70. The molecule has 4 aliphatic rings. The normalized spacial score (nSPS) is 37.3. The molecule has 2 bridgehead atoms. The molecule has 7 heteroatoms. The Bertz CT molecular complexity index is 551. The van der Waals surface area contributed by atoms with Gasteiger partial charge in [0, 0.05) is 6.04 Å². The molecule has 0 saturated heterocycles. The maximum Gasteiger partial charge on any atom is 0.628 e. The zero-order chi connectivity index (χ0) is 17.5. The van der Waals surface area contributed by atoms with E-state index in [0.717, 1.165) is 6.42 Å². The highest BCUT2D eigenvalue weighted by Gasteiger charge is 2.57. The number of hydrogen-bond acceptors (Lipinski definition) is 6. The van der Waals surface area contributed by atoms with Gasteiger partial charge in [-0.3, -0.25) is 0 Å². The minimum Gasteiger partial charge on any atom is -0.494 e. The van der Waals surface area contributed by atoms with Crippen molar-refractivity contribution >= 4 is 7.12 Å². The fraction of sp³-hybridized carbons (Fsp3) is 0.647. The molecule has 2 unspecified atom stereocenters. The van der Waals surface area contributed by atoms with E-state index in [2.05, 4.69) is 20.8 Å². The monoisotopic (exact) mass is 335 g/mol. The maximum atomic E-state index is 10.0. The van der Waals surface area contributed by atoms with Crippen molar-refractivity contribution in [2.24, 2.45) is 23.2 Å². The van der Waals surface area contributed by atoms with Gasteiger partial charge in [0.15, 0.2) is 0 Å². The highest BCUT2D eigenvalue weighted by molar-refractivity contribution is 6.51. The van der Waals surface area contributed by atoms with E-state index in [4.69, 9.17) is 14.4 Å². The van der Waals surface area contributed by atoms with Crippen LogP contribution in [0, 0.1) is 23.2 Å². The summed E-state index contributed by atoms with van der Waals surface area (Å²) in [5.41, 5.74) is 0.364. The molecule has 4 atom stereocenters. The Balaban J connectivity index is 1.77. The van der Waals surface area contributed by atoms with Gasteiger partial charge in [-0.15, -0.1) is 0 Å². The highest BCUT2D eigenvalue weighted by Crippen LogP contribution is 2.62. The van der Waals surface area contributed by atoms with Crippen LogP contribution in [0.3, 0.4) is 0 Å². The number of rotatable bonds is 3. The Morgan fingerprint density at radius 2 is 1.88 bits per heavy atom. The average Bonchev–Trinajstić information content (AvgIpc) is 2.49. The summed E-state index contributed by atoms with van der Waals surface area (Å²) in [7, 11) is -0.983. The zero-order valence-corrected chi connectivity index (χ0v) is 14.4. The van der Waals surface area contributed by atoms with E-state index in [1.807, 2.05) is 0 Å². The van der Waals surface area contributed by atoms with Crippen LogP contribution in [0.25, 0.3) is 0 Å². The molecule has 0 spiro atoms. The lowest BCUT2D eigenvalue weighted by molar-refractivity contribution is -0.128. The number of fused-ring (bicyclic) bond motifs is 2. The van der Waals surface area contributed by atoms with Crippen LogP contribution in [0.1, 0.15) is 33.6 Å². The molecule has 24 heavy (non-hydrogen) atoms. The summed E-state index contributed by atoms with van der Waals surface area (Å²) in [4.78, 5) is 1.80. The van der Waals surface area contributed by atoms with E-state index in [-0.39, 0.29) is 24.5 Å². The van der Waals surface area contributed by atoms with Gasteiger partial charge in [0.25, 0.3) is 11.9 Å². The summed E-state index contributed by atoms with van der Waals surface area (Å²) in [6, 6.07) is 0.183. The van der Waals surface area contributed by atoms with E-state index in [1.54, 1.807) is 4.90 Å². The molecule has 132 valence electrons. The smallest absolute Gasteiger partial charge is 0.494 e. The average molecular weight is 335 g/mol. The quantitative estimate of drug-likeness (QED) is 0.688. The van der Waals surface area contributed by atoms with Crippen LogP contribution in [0.15, 0.2) is 36.3 Å². The van der Waals surface area contributed by atoms with Gasteiger partial charge in [0.2, 0.25) is 0 Å². The van der Waals surface area contributed by atoms with Gasteiger partial charge in [-0.05, 0) is 42.0 Å². The van der Waals surface area contributed by atoms with Crippen LogP contribution in [-0.4, -0.2) is 40.0 Å². The summed E-state index contributed by atoms with van der Waals surface area (Å²) >= 11 is 0. The highest BCUT2D eigenvalue weighted by atomic mass is 16.7. The van der Waals surface area contributed by atoms with Crippen LogP contribution in [0.5, 0.6) is 0 Å². The van der Waals surface area contributed by atoms with Gasteiger partial charge in [0.1, 0.15) is 0 Å². The van der Waals surface area contributed by atoms with Crippen molar-refractivity contribution in [1.82, 2.24) is 4.90 Å². The van der Waals surface area contributed by atoms with E-state index >= 15 is 0 Å². The van der Waals surface area contributed by atoms with Crippen molar-refractivity contribution in [3.05, 3.63) is 36.3 Å². The fourth-order valence-corrected chi connectivity index (χ4v) is 4.57. The molecule has 1 aliphatic heterocycles. The molecule has 0 aromatic carbocycles. The third-order valence-electron chi connectivity index (χ3n) is 6.09. The number of aliphatic hydroxyl groups is 3. The largest absolute Gasteiger partial charge is 0.628 e. The number of hydrogen-bond donors (Lipinski definition) is 3. The van der Waals surface area contributed by atoms with E-state index < -0.39 is 7.12 Å². The first-order chi connectivity index (χ1) is 11.3. The molecule has 4 rings (SSSR count). The molecule has 3 N–H and O–H groups in total. The Morgan fingerprint density at radius 3 is 2.38 bits per heavy atom. The lowest BCUT2D eigenvalue weighted by Gasteiger charge is -2.63. The topological polar surface area (TPSA) is 82.4 Å². The number of nitrogens with zero attached hydrogens (tertiary/aromatic N) is 1. The molecule has 0 radical (unpaired) electrons. The summed E-state index contributed by atoms with van der Waals surface area (Å²) < 4.78 is 10.5. The second-order valence-electron chi connectivity index (χ2n) is 7.62. The lowest BCUT2D eigenvalue weighted by Crippen LogP contribution is -2.59. The van der Waals surface area contributed by atoms with Crippen LogP contribution in [0.2, 0.25) is 0 Å². The first-order valence-electron chi connectivity index (χ1n) is 8.52. The molecular weight excluding hydrogens is 309 g/mol. The summed E-state index contributed by atoms with van der Waals surface area (Å²) in [6.07, 6.45) is 6.68. The summed E-state index contributed by atoms with van der Waals surface area (Å²) in [5.74, 6) is 2.59. The third kappa shape index (κ3) is 2.97. The van der Waals surface area contributed by atoms with Crippen molar-refractivity contribution in [2.75, 3.05) is 6.61 Å². The SMILES string of the molecule is C[C@H]1C(N2C=C(O)OB(C=CCO)O/C(O)=C\2)CC2C[C@H]1C2(C)C. The second kappa shape index (κ2) is 6.28. The van der Waals surface area contributed by atoms with Gasteiger partial charge in [-0.2, -0.15) is 0 Å². The fourth-order valence-electron chi connectivity index (χ4n) is 4.57. The first-order valence-corrected chi connectivity index (χ1v) is 8.52. The Hall–Kier alpha value is -1.76. The van der Waals surface area contributed by atoms with Gasteiger partial charge in [-0.25, -0.2) is 0 Å². The van der Waals surface area contributed by atoms with Gasteiger partial charge in [-0.1, -0.05) is 26.8 Å². The van der Waals surface area contributed by atoms with Crippen LogP contribution < -0.4 is 0 Å². The predicted molar refractivity (Wildman–Crippen MR) is 90.4 cm³/mol. The van der Waals surface area contributed by atoms with E-state index in [0.29, 0.717) is 23.2 Å². The first kappa shape index (κ1) is 17.1. The van der Waals surface area contributed by atoms with Crippen molar-refractivity contribution < 1.29 is 24.6 Å². The molecule has 3 fully saturated rings. The molecule has 0 aromatic heterocycles. The zero-order valence-electron chi connectivity index (χ0n) is 14.4. The number of aliphatic hydroxyl groups excluding tert-OH is 3. The minimum absolute atomic E-state index is 0.178. The molecule has 0 amide bonds. The van der Waals surface area contributed by atoms with Crippen LogP contribution >= 0.6 is 0 Å². The Labute approximate surface area is 143 Å². The Kier molecular flexibility index (Phi) is 4.47. The molecule has 1 heterocycles. The van der Waals surface area contributed by atoms with Gasteiger partial charge in [0.05, 0.1) is 19.0 Å². The lowest BCUT2D eigenvalue weighted by atomic mass is 9.44. The van der Waals surface area contributed by atoms with Crippen LogP contribution in [0.4, 0.5) is 0 Å². The van der Waals surface area contributed by atoms with Crippen molar-refractivity contribution in [1.29, 1.82) is 0 Å². The van der Waals surface area contributed by atoms with Crippen molar-refractivity contribution in [3.8, 4) is 0 Å². The maximum absolute atomic E-state index is 10.0. The Morgan fingerprint density at radius 1 is 1.25 bits per heavy atom. The molecule has 3 saturated carbocycles. The molecule has 3 aliphatic carbocycles. The summed E-state index contributed by atoms with van der Waals surface area (Å²) in [5, 5.41) is 28.9. The summed E-state index contributed by atoms with van der Waals surface area (Å²) in [6.45, 7) is 6.71. The standard InChI is InChI=1S/C17H26BNO5/c1-11-13-7-12(17(13,2)3)8-14(11)19-9-15(21)23-18(5-4-6-20)24-16(22)10-19/h4-5,9-14,20-22H,6-8H2,1-3H3/b5-4?,15-9-,16-10?/t11-,12?,13-,14?/m1/s1. The van der Waals surface area contributed by atoms with Crippen molar-refractivity contribution in [2.45, 2.75) is 39.7 Å². The molecule has 6 nitrogen and oxygen atoms in total.